The SMILES string of the molecule is CC1CNCCN1C(=O)CC(Cc1ccccc1)c1ccccc1. The standard InChI is InChI=1S/C21H26N2O/c1-17-16-22-12-13-23(17)21(24)15-20(19-10-6-3-7-11-19)14-18-8-4-2-5-9-18/h2-11,17,20,22H,12-16H2,1H3. The van der Waals surface area contributed by atoms with Crippen molar-refractivity contribution in [2.45, 2.75) is 31.7 Å². The van der Waals surface area contributed by atoms with Crippen molar-refractivity contribution in [1.82, 2.24) is 10.2 Å². The van der Waals surface area contributed by atoms with Gasteiger partial charge < -0.3 is 10.2 Å². The first kappa shape index (κ1) is 16.7. The van der Waals surface area contributed by atoms with E-state index in [2.05, 4.69) is 60.8 Å². The molecule has 0 aromatic heterocycles. The van der Waals surface area contributed by atoms with Crippen LogP contribution in [0.4, 0.5) is 0 Å². The van der Waals surface area contributed by atoms with Gasteiger partial charge in [-0.25, -0.2) is 0 Å². The lowest BCUT2D eigenvalue weighted by atomic mass is 9.88. The highest BCUT2D eigenvalue weighted by atomic mass is 16.2. The first-order chi connectivity index (χ1) is 11.7. The van der Waals surface area contributed by atoms with Crippen molar-refractivity contribution < 1.29 is 4.79 Å². The summed E-state index contributed by atoms with van der Waals surface area (Å²) in [5.41, 5.74) is 2.53. The van der Waals surface area contributed by atoms with E-state index >= 15 is 0 Å². The van der Waals surface area contributed by atoms with Crippen LogP contribution in [-0.2, 0) is 11.2 Å². The number of benzene rings is 2. The molecule has 2 aromatic carbocycles. The van der Waals surface area contributed by atoms with Crippen molar-refractivity contribution in [3.63, 3.8) is 0 Å². The second-order valence-electron chi connectivity index (χ2n) is 6.64. The van der Waals surface area contributed by atoms with E-state index in [4.69, 9.17) is 0 Å². The Hall–Kier alpha value is -2.13. The largest absolute Gasteiger partial charge is 0.337 e. The van der Waals surface area contributed by atoms with Gasteiger partial charge in [-0.05, 0) is 30.4 Å². The van der Waals surface area contributed by atoms with Crippen molar-refractivity contribution in [2.75, 3.05) is 19.6 Å². The van der Waals surface area contributed by atoms with Gasteiger partial charge in [0.15, 0.2) is 0 Å². The number of amides is 1. The van der Waals surface area contributed by atoms with Crippen LogP contribution >= 0.6 is 0 Å². The normalized spacial score (nSPS) is 19.0. The third kappa shape index (κ3) is 4.24. The predicted octanol–water partition coefficient (Wildman–Crippen LogP) is 3.22. The predicted molar refractivity (Wildman–Crippen MR) is 98.0 cm³/mol. The Morgan fingerprint density at radius 2 is 1.79 bits per heavy atom. The number of nitrogens with zero attached hydrogens (tertiary/aromatic N) is 1. The molecule has 3 rings (SSSR count). The molecule has 126 valence electrons. The molecule has 0 bridgehead atoms. The van der Waals surface area contributed by atoms with E-state index < -0.39 is 0 Å². The van der Waals surface area contributed by atoms with E-state index in [1.54, 1.807) is 0 Å². The maximum absolute atomic E-state index is 12.9. The van der Waals surface area contributed by atoms with Gasteiger partial charge in [0.2, 0.25) is 5.91 Å². The first-order valence-corrected chi connectivity index (χ1v) is 8.83. The molecular weight excluding hydrogens is 296 g/mol. The summed E-state index contributed by atoms with van der Waals surface area (Å²) < 4.78 is 0. The Kier molecular flexibility index (Phi) is 5.65. The maximum Gasteiger partial charge on any atom is 0.223 e. The number of rotatable bonds is 5. The molecule has 0 radical (unpaired) electrons. The highest BCUT2D eigenvalue weighted by molar-refractivity contribution is 5.77. The Labute approximate surface area is 144 Å². The summed E-state index contributed by atoms with van der Waals surface area (Å²) in [6, 6.07) is 21.2. The third-order valence-electron chi connectivity index (χ3n) is 4.84. The minimum atomic E-state index is 0.225. The highest BCUT2D eigenvalue weighted by Gasteiger charge is 2.26. The number of hydrogen-bond acceptors (Lipinski definition) is 2. The lowest BCUT2D eigenvalue weighted by molar-refractivity contribution is -0.134. The van der Waals surface area contributed by atoms with Crippen molar-refractivity contribution in [3.05, 3.63) is 71.8 Å². The Bertz CT molecular complexity index is 641. The molecule has 1 aliphatic heterocycles. The van der Waals surface area contributed by atoms with Crippen molar-refractivity contribution in [2.24, 2.45) is 0 Å². The van der Waals surface area contributed by atoms with E-state index in [1.165, 1.54) is 11.1 Å². The topological polar surface area (TPSA) is 32.3 Å². The third-order valence-corrected chi connectivity index (χ3v) is 4.84. The van der Waals surface area contributed by atoms with Crippen LogP contribution in [0.15, 0.2) is 60.7 Å². The molecule has 2 aromatic rings. The highest BCUT2D eigenvalue weighted by Crippen LogP contribution is 2.26. The zero-order valence-electron chi connectivity index (χ0n) is 14.3. The summed E-state index contributed by atoms with van der Waals surface area (Å²) >= 11 is 0. The van der Waals surface area contributed by atoms with Gasteiger partial charge in [0.25, 0.3) is 0 Å². The van der Waals surface area contributed by atoms with Gasteiger partial charge in [-0.3, -0.25) is 4.79 Å². The smallest absolute Gasteiger partial charge is 0.223 e. The fraction of sp³-hybridized carbons (Fsp3) is 0.381. The number of carbonyl (C=O) groups is 1. The maximum atomic E-state index is 12.9. The fourth-order valence-corrected chi connectivity index (χ4v) is 3.47. The lowest BCUT2D eigenvalue weighted by Crippen LogP contribution is -2.52. The molecule has 2 unspecified atom stereocenters. The van der Waals surface area contributed by atoms with E-state index in [1.807, 2.05) is 17.0 Å². The van der Waals surface area contributed by atoms with E-state index in [9.17, 15) is 4.79 Å². The zero-order chi connectivity index (χ0) is 16.8. The minimum absolute atomic E-state index is 0.225. The summed E-state index contributed by atoms with van der Waals surface area (Å²) in [5.74, 6) is 0.497. The summed E-state index contributed by atoms with van der Waals surface area (Å²) in [7, 11) is 0. The number of carbonyl (C=O) groups excluding carboxylic acids is 1. The molecule has 1 amide bonds. The number of piperazine rings is 1. The van der Waals surface area contributed by atoms with E-state index in [-0.39, 0.29) is 17.9 Å². The molecule has 1 heterocycles. The first-order valence-electron chi connectivity index (χ1n) is 8.83. The van der Waals surface area contributed by atoms with Crippen molar-refractivity contribution >= 4 is 5.91 Å². The summed E-state index contributed by atoms with van der Waals surface area (Å²) in [5, 5.41) is 3.35. The summed E-state index contributed by atoms with van der Waals surface area (Å²) in [4.78, 5) is 14.9. The Morgan fingerprint density at radius 1 is 1.12 bits per heavy atom. The zero-order valence-corrected chi connectivity index (χ0v) is 14.3. The van der Waals surface area contributed by atoms with Gasteiger partial charge in [0.05, 0.1) is 0 Å². The quantitative estimate of drug-likeness (QED) is 0.917. The van der Waals surface area contributed by atoms with Crippen LogP contribution in [0.1, 0.15) is 30.4 Å². The lowest BCUT2D eigenvalue weighted by Gasteiger charge is -2.35. The van der Waals surface area contributed by atoms with Crippen molar-refractivity contribution in [1.29, 1.82) is 0 Å². The van der Waals surface area contributed by atoms with Gasteiger partial charge in [-0.15, -0.1) is 0 Å². The molecule has 1 N–H and O–H groups in total. The Morgan fingerprint density at radius 3 is 2.46 bits per heavy atom. The molecule has 0 saturated carbocycles. The van der Waals surface area contributed by atoms with Crippen LogP contribution in [-0.4, -0.2) is 36.5 Å². The van der Waals surface area contributed by atoms with Crippen LogP contribution < -0.4 is 5.32 Å². The van der Waals surface area contributed by atoms with Crippen LogP contribution in [0.2, 0.25) is 0 Å². The average molecular weight is 322 g/mol. The minimum Gasteiger partial charge on any atom is -0.337 e. The average Bonchev–Trinajstić information content (AvgIpc) is 2.63. The molecule has 3 nitrogen and oxygen atoms in total. The van der Waals surface area contributed by atoms with E-state index in [0.717, 1.165) is 26.1 Å². The molecule has 1 fully saturated rings. The number of hydrogen-bond donors (Lipinski definition) is 1. The molecule has 0 aliphatic carbocycles. The summed E-state index contributed by atoms with van der Waals surface area (Å²) in [6.07, 6.45) is 1.47. The van der Waals surface area contributed by atoms with Gasteiger partial charge in [-0.1, -0.05) is 60.7 Å². The van der Waals surface area contributed by atoms with Gasteiger partial charge in [0.1, 0.15) is 0 Å². The van der Waals surface area contributed by atoms with Crippen LogP contribution in [0.5, 0.6) is 0 Å². The molecule has 24 heavy (non-hydrogen) atoms. The Balaban J connectivity index is 1.75. The molecule has 2 atom stereocenters. The van der Waals surface area contributed by atoms with Crippen LogP contribution in [0.25, 0.3) is 0 Å². The second kappa shape index (κ2) is 8.11. The fourth-order valence-electron chi connectivity index (χ4n) is 3.47. The van der Waals surface area contributed by atoms with Gasteiger partial charge in [-0.2, -0.15) is 0 Å². The monoisotopic (exact) mass is 322 g/mol. The molecular formula is C21H26N2O. The molecule has 3 heteroatoms. The van der Waals surface area contributed by atoms with Crippen molar-refractivity contribution in [3.8, 4) is 0 Å². The molecule has 1 aliphatic rings. The molecule has 0 spiro atoms. The second-order valence-corrected chi connectivity index (χ2v) is 6.64. The van der Waals surface area contributed by atoms with E-state index in [0.29, 0.717) is 6.42 Å². The molecule has 1 saturated heterocycles. The van der Waals surface area contributed by atoms with Crippen LogP contribution in [0.3, 0.4) is 0 Å². The van der Waals surface area contributed by atoms with Gasteiger partial charge in [0, 0.05) is 32.1 Å². The summed E-state index contributed by atoms with van der Waals surface area (Å²) in [6.45, 7) is 4.72. The van der Waals surface area contributed by atoms with Crippen LogP contribution in [0, 0.1) is 0 Å². The number of nitrogens with one attached hydrogen (secondary N) is 1. The van der Waals surface area contributed by atoms with Gasteiger partial charge >= 0.3 is 0 Å².